The summed E-state index contributed by atoms with van der Waals surface area (Å²) in [5.74, 6) is 2.06. The van der Waals surface area contributed by atoms with Gasteiger partial charge in [-0.25, -0.2) is 0 Å². The zero-order valence-corrected chi connectivity index (χ0v) is 7.70. The molecule has 0 aromatic carbocycles. The number of hydrogen-bond donors (Lipinski definition) is 0. The number of aromatic nitrogens is 3. The van der Waals surface area contributed by atoms with Gasteiger partial charge in [-0.05, 0) is 6.08 Å². The Labute approximate surface area is 72.1 Å². The molecule has 0 atom stereocenters. The summed E-state index contributed by atoms with van der Waals surface area (Å²) in [4.78, 5) is 0. The Morgan fingerprint density at radius 1 is 1.33 bits per heavy atom. The number of nitrogens with zero attached hydrogens (tertiary/aromatic N) is 3. The van der Waals surface area contributed by atoms with Crippen molar-refractivity contribution in [3.63, 3.8) is 0 Å². The molecule has 0 amide bonds. The Kier molecular flexibility index (Phi) is 1.37. The monoisotopic (exact) mass is 163 g/mol. The van der Waals surface area contributed by atoms with Gasteiger partial charge >= 0.3 is 0 Å². The van der Waals surface area contributed by atoms with Crippen molar-refractivity contribution in [2.75, 3.05) is 0 Å². The van der Waals surface area contributed by atoms with Crippen molar-refractivity contribution in [3.8, 4) is 0 Å². The van der Waals surface area contributed by atoms with Gasteiger partial charge in [-0.15, -0.1) is 10.2 Å². The van der Waals surface area contributed by atoms with E-state index in [1.807, 2.05) is 6.08 Å². The Morgan fingerprint density at radius 2 is 2.08 bits per heavy atom. The Bertz CT molecular complexity index is 328. The largest absolute Gasteiger partial charge is 0.307 e. The second-order valence-electron chi connectivity index (χ2n) is 4.14. The molecule has 0 N–H and O–H groups in total. The van der Waals surface area contributed by atoms with E-state index in [1.54, 1.807) is 0 Å². The van der Waals surface area contributed by atoms with Crippen LogP contribution in [0.2, 0.25) is 0 Å². The first-order valence-corrected chi connectivity index (χ1v) is 4.19. The highest BCUT2D eigenvalue weighted by molar-refractivity contribution is 5.44. The van der Waals surface area contributed by atoms with Gasteiger partial charge in [0.05, 0.1) is 0 Å². The van der Waals surface area contributed by atoms with Crippen molar-refractivity contribution in [3.05, 3.63) is 17.7 Å². The van der Waals surface area contributed by atoms with E-state index >= 15 is 0 Å². The summed E-state index contributed by atoms with van der Waals surface area (Å²) in [7, 11) is 0. The molecule has 1 aliphatic heterocycles. The molecule has 0 spiro atoms. The third-order valence-electron chi connectivity index (χ3n) is 2.01. The molecule has 2 heterocycles. The number of hydrogen-bond acceptors (Lipinski definition) is 2. The fraction of sp³-hybridized carbons (Fsp3) is 0.556. The highest BCUT2D eigenvalue weighted by atomic mass is 15.3. The molecule has 1 aromatic heterocycles. The van der Waals surface area contributed by atoms with Gasteiger partial charge in [0.2, 0.25) is 0 Å². The van der Waals surface area contributed by atoms with Crippen LogP contribution in [-0.2, 0) is 12.0 Å². The van der Waals surface area contributed by atoms with E-state index in [1.165, 1.54) is 0 Å². The quantitative estimate of drug-likeness (QED) is 0.581. The molecule has 12 heavy (non-hydrogen) atoms. The normalized spacial score (nSPS) is 15.2. The average Bonchev–Trinajstić information content (AvgIpc) is 2.37. The zero-order valence-electron chi connectivity index (χ0n) is 7.70. The van der Waals surface area contributed by atoms with Crippen LogP contribution < -0.4 is 0 Å². The first-order chi connectivity index (χ1) is 5.59. The van der Waals surface area contributed by atoms with Crippen LogP contribution in [0, 0.1) is 0 Å². The van der Waals surface area contributed by atoms with Crippen molar-refractivity contribution >= 4 is 6.08 Å². The fourth-order valence-electron chi connectivity index (χ4n) is 1.44. The average molecular weight is 163 g/mol. The van der Waals surface area contributed by atoms with Gasteiger partial charge in [0, 0.05) is 12.0 Å². The van der Waals surface area contributed by atoms with E-state index in [9.17, 15) is 0 Å². The van der Waals surface area contributed by atoms with Crippen molar-refractivity contribution in [1.82, 2.24) is 14.8 Å². The van der Waals surface area contributed by atoms with E-state index < -0.39 is 0 Å². The SMILES string of the molecule is CC(C)(C)c1nnc2n1CC=C2. The van der Waals surface area contributed by atoms with Gasteiger partial charge < -0.3 is 4.57 Å². The minimum absolute atomic E-state index is 0.0945. The minimum atomic E-state index is 0.0945. The summed E-state index contributed by atoms with van der Waals surface area (Å²) in [6.45, 7) is 7.39. The van der Waals surface area contributed by atoms with E-state index in [-0.39, 0.29) is 5.41 Å². The van der Waals surface area contributed by atoms with Crippen molar-refractivity contribution in [2.45, 2.75) is 32.7 Å². The van der Waals surface area contributed by atoms with Crippen LogP contribution in [0.25, 0.3) is 6.08 Å². The molecule has 0 bridgehead atoms. The summed E-state index contributed by atoms with van der Waals surface area (Å²) in [5.41, 5.74) is 0.0945. The lowest BCUT2D eigenvalue weighted by molar-refractivity contribution is 0.513. The van der Waals surface area contributed by atoms with Gasteiger partial charge in [-0.3, -0.25) is 0 Å². The van der Waals surface area contributed by atoms with Gasteiger partial charge in [0.1, 0.15) is 5.82 Å². The lowest BCUT2D eigenvalue weighted by Gasteiger charge is -2.17. The number of fused-ring (bicyclic) bond motifs is 1. The highest BCUT2D eigenvalue weighted by Crippen LogP contribution is 2.23. The number of rotatable bonds is 0. The van der Waals surface area contributed by atoms with Crippen LogP contribution in [-0.4, -0.2) is 14.8 Å². The van der Waals surface area contributed by atoms with E-state index in [2.05, 4.69) is 41.6 Å². The Hall–Kier alpha value is -1.12. The minimum Gasteiger partial charge on any atom is -0.307 e. The predicted octanol–water partition coefficient (Wildman–Crippen LogP) is 1.60. The first kappa shape index (κ1) is 7.53. The summed E-state index contributed by atoms with van der Waals surface area (Å²) in [6, 6.07) is 0. The predicted molar refractivity (Wildman–Crippen MR) is 47.8 cm³/mol. The molecule has 0 saturated carbocycles. The summed E-state index contributed by atoms with van der Waals surface area (Å²) >= 11 is 0. The second-order valence-corrected chi connectivity index (χ2v) is 4.14. The second kappa shape index (κ2) is 2.19. The molecular formula is C9H13N3. The number of allylic oxidation sites excluding steroid dienone is 1. The molecular weight excluding hydrogens is 150 g/mol. The van der Waals surface area contributed by atoms with Crippen LogP contribution in [0.4, 0.5) is 0 Å². The highest BCUT2D eigenvalue weighted by Gasteiger charge is 2.23. The van der Waals surface area contributed by atoms with Crippen LogP contribution >= 0.6 is 0 Å². The van der Waals surface area contributed by atoms with E-state index in [0.29, 0.717) is 0 Å². The summed E-state index contributed by atoms with van der Waals surface area (Å²) < 4.78 is 2.15. The van der Waals surface area contributed by atoms with Crippen LogP contribution in [0.5, 0.6) is 0 Å². The standard InChI is InChI=1S/C9H13N3/c1-9(2,3)8-11-10-7-5-4-6-12(7)8/h4-5H,6H2,1-3H3. The maximum atomic E-state index is 4.17. The molecule has 0 fully saturated rings. The smallest absolute Gasteiger partial charge is 0.156 e. The summed E-state index contributed by atoms with van der Waals surface area (Å²) in [5, 5.41) is 8.26. The van der Waals surface area contributed by atoms with Crippen molar-refractivity contribution in [2.24, 2.45) is 0 Å². The molecule has 0 unspecified atom stereocenters. The van der Waals surface area contributed by atoms with Crippen molar-refractivity contribution in [1.29, 1.82) is 0 Å². The van der Waals surface area contributed by atoms with Gasteiger partial charge in [0.25, 0.3) is 0 Å². The van der Waals surface area contributed by atoms with E-state index in [0.717, 1.165) is 18.2 Å². The van der Waals surface area contributed by atoms with Crippen molar-refractivity contribution < 1.29 is 0 Å². The molecule has 3 heteroatoms. The third-order valence-corrected chi connectivity index (χ3v) is 2.01. The van der Waals surface area contributed by atoms with Gasteiger partial charge in [-0.1, -0.05) is 26.8 Å². The lowest BCUT2D eigenvalue weighted by Crippen LogP contribution is -2.18. The van der Waals surface area contributed by atoms with Crippen LogP contribution in [0.1, 0.15) is 32.4 Å². The lowest BCUT2D eigenvalue weighted by atomic mass is 9.96. The molecule has 3 nitrogen and oxygen atoms in total. The Balaban J connectivity index is 2.50. The van der Waals surface area contributed by atoms with Crippen LogP contribution in [0.15, 0.2) is 6.08 Å². The molecule has 0 saturated heterocycles. The summed E-state index contributed by atoms with van der Waals surface area (Å²) in [6.07, 6.45) is 4.13. The molecule has 0 radical (unpaired) electrons. The fourth-order valence-corrected chi connectivity index (χ4v) is 1.44. The first-order valence-electron chi connectivity index (χ1n) is 4.19. The third kappa shape index (κ3) is 0.967. The van der Waals surface area contributed by atoms with Gasteiger partial charge in [0.15, 0.2) is 5.82 Å². The molecule has 1 aliphatic rings. The van der Waals surface area contributed by atoms with Crippen LogP contribution in [0.3, 0.4) is 0 Å². The maximum Gasteiger partial charge on any atom is 0.156 e. The maximum absolute atomic E-state index is 4.17. The van der Waals surface area contributed by atoms with E-state index in [4.69, 9.17) is 0 Å². The molecule has 2 rings (SSSR count). The molecule has 64 valence electrons. The molecule has 0 aliphatic carbocycles. The topological polar surface area (TPSA) is 30.7 Å². The molecule has 1 aromatic rings. The Morgan fingerprint density at radius 3 is 2.75 bits per heavy atom. The zero-order chi connectivity index (χ0) is 8.77. The van der Waals surface area contributed by atoms with Gasteiger partial charge in [-0.2, -0.15) is 0 Å².